The van der Waals surface area contributed by atoms with Crippen molar-refractivity contribution in [2.75, 3.05) is 7.05 Å². The van der Waals surface area contributed by atoms with Crippen molar-refractivity contribution < 1.29 is 4.79 Å². The second kappa shape index (κ2) is 11.9. The van der Waals surface area contributed by atoms with Crippen LogP contribution in [0.15, 0.2) is 0 Å². The van der Waals surface area contributed by atoms with Gasteiger partial charge in [-0.2, -0.15) is 0 Å². The van der Waals surface area contributed by atoms with E-state index in [9.17, 15) is 4.79 Å². The van der Waals surface area contributed by atoms with Crippen LogP contribution in [-0.4, -0.2) is 13.0 Å². The third-order valence-corrected chi connectivity index (χ3v) is 3.43. The molecule has 0 radical (unpaired) electrons. The number of hydrogen-bond acceptors (Lipinski definition) is 1. The van der Waals surface area contributed by atoms with Crippen LogP contribution in [0.2, 0.25) is 0 Å². The highest BCUT2D eigenvalue weighted by molar-refractivity contribution is 5.77. The van der Waals surface area contributed by atoms with Gasteiger partial charge in [0, 0.05) is 13.0 Å². The van der Waals surface area contributed by atoms with Crippen LogP contribution in [0.4, 0.5) is 0 Å². The average Bonchev–Trinajstić information content (AvgIpc) is 2.35. The third-order valence-electron chi connectivity index (χ3n) is 3.43. The standard InChI is InChI=1S/C15H31NO/c1-4-5-6-7-8-9-10-11-12-13-14(2)15(17)16-3/h14H,4-13H2,1-3H3,(H,16,17). The lowest BCUT2D eigenvalue weighted by Gasteiger charge is -2.09. The van der Waals surface area contributed by atoms with E-state index in [0.29, 0.717) is 0 Å². The first-order chi connectivity index (χ1) is 8.22. The van der Waals surface area contributed by atoms with Crippen molar-refractivity contribution in [3.63, 3.8) is 0 Å². The Bertz CT molecular complexity index is 180. The predicted molar refractivity (Wildman–Crippen MR) is 75.1 cm³/mol. The van der Waals surface area contributed by atoms with Gasteiger partial charge in [0.1, 0.15) is 0 Å². The summed E-state index contributed by atoms with van der Waals surface area (Å²) in [6.07, 6.45) is 13.2. The van der Waals surface area contributed by atoms with Gasteiger partial charge < -0.3 is 5.32 Å². The molecule has 1 atom stereocenters. The summed E-state index contributed by atoms with van der Waals surface area (Å²) in [4.78, 5) is 11.3. The Hall–Kier alpha value is -0.530. The van der Waals surface area contributed by atoms with Gasteiger partial charge in [0.15, 0.2) is 0 Å². The normalized spacial score (nSPS) is 12.4. The Morgan fingerprint density at radius 3 is 1.88 bits per heavy atom. The van der Waals surface area contributed by atoms with Gasteiger partial charge in [0.05, 0.1) is 0 Å². The maximum atomic E-state index is 11.3. The molecule has 2 heteroatoms. The zero-order valence-electron chi connectivity index (χ0n) is 12.1. The minimum Gasteiger partial charge on any atom is -0.359 e. The summed E-state index contributed by atoms with van der Waals surface area (Å²) in [5.41, 5.74) is 0. The van der Waals surface area contributed by atoms with Gasteiger partial charge in [0.25, 0.3) is 0 Å². The molecule has 1 N–H and O–H groups in total. The van der Waals surface area contributed by atoms with Gasteiger partial charge in [-0.15, -0.1) is 0 Å². The van der Waals surface area contributed by atoms with Crippen molar-refractivity contribution in [2.45, 2.75) is 78.1 Å². The number of nitrogens with one attached hydrogen (secondary N) is 1. The first kappa shape index (κ1) is 16.5. The van der Waals surface area contributed by atoms with Gasteiger partial charge in [-0.3, -0.25) is 4.79 Å². The van der Waals surface area contributed by atoms with Crippen molar-refractivity contribution in [3.05, 3.63) is 0 Å². The van der Waals surface area contributed by atoms with Crippen LogP contribution in [0.5, 0.6) is 0 Å². The van der Waals surface area contributed by atoms with E-state index >= 15 is 0 Å². The Labute approximate surface area is 108 Å². The Kier molecular flexibility index (Phi) is 11.6. The lowest BCUT2D eigenvalue weighted by atomic mass is 10.0. The van der Waals surface area contributed by atoms with Crippen molar-refractivity contribution >= 4 is 5.91 Å². The number of carbonyl (C=O) groups is 1. The largest absolute Gasteiger partial charge is 0.359 e. The third kappa shape index (κ3) is 10.3. The minimum absolute atomic E-state index is 0.185. The molecule has 0 rings (SSSR count). The molecule has 0 aliphatic carbocycles. The van der Waals surface area contributed by atoms with Gasteiger partial charge in [-0.1, -0.05) is 71.6 Å². The van der Waals surface area contributed by atoms with Crippen LogP contribution < -0.4 is 5.32 Å². The number of carbonyl (C=O) groups excluding carboxylic acids is 1. The van der Waals surface area contributed by atoms with Gasteiger partial charge in [0.2, 0.25) is 5.91 Å². The zero-order chi connectivity index (χ0) is 12.9. The molecule has 0 saturated carbocycles. The van der Waals surface area contributed by atoms with Crippen LogP contribution in [0.1, 0.15) is 78.1 Å². The molecular formula is C15H31NO. The molecule has 0 aromatic rings. The molecule has 0 spiro atoms. The molecule has 102 valence electrons. The van der Waals surface area contributed by atoms with E-state index in [4.69, 9.17) is 0 Å². The molecule has 0 bridgehead atoms. The zero-order valence-corrected chi connectivity index (χ0v) is 12.1. The average molecular weight is 241 g/mol. The molecule has 0 heterocycles. The maximum Gasteiger partial charge on any atom is 0.222 e. The van der Waals surface area contributed by atoms with E-state index in [2.05, 4.69) is 12.2 Å². The molecule has 17 heavy (non-hydrogen) atoms. The van der Waals surface area contributed by atoms with Gasteiger partial charge >= 0.3 is 0 Å². The summed E-state index contributed by atoms with van der Waals surface area (Å²) in [6.45, 7) is 4.27. The second-order valence-electron chi connectivity index (χ2n) is 5.13. The smallest absolute Gasteiger partial charge is 0.222 e. The highest BCUT2D eigenvalue weighted by atomic mass is 16.1. The molecule has 1 amide bonds. The first-order valence-corrected chi connectivity index (χ1v) is 7.44. The van der Waals surface area contributed by atoms with Crippen LogP contribution >= 0.6 is 0 Å². The van der Waals surface area contributed by atoms with Crippen molar-refractivity contribution in [2.24, 2.45) is 5.92 Å². The van der Waals surface area contributed by atoms with E-state index < -0.39 is 0 Å². The molecule has 1 unspecified atom stereocenters. The second-order valence-corrected chi connectivity index (χ2v) is 5.13. The Balaban J connectivity index is 3.15. The molecule has 2 nitrogen and oxygen atoms in total. The summed E-state index contributed by atoms with van der Waals surface area (Å²) in [7, 11) is 1.72. The van der Waals surface area contributed by atoms with E-state index in [1.54, 1.807) is 7.05 Å². The van der Waals surface area contributed by atoms with Gasteiger partial charge in [-0.25, -0.2) is 0 Å². The van der Waals surface area contributed by atoms with Crippen LogP contribution in [0.3, 0.4) is 0 Å². The molecule has 0 aliphatic rings. The van der Waals surface area contributed by atoms with Crippen molar-refractivity contribution in [1.29, 1.82) is 0 Å². The summed E-state index contributed by atoms with van der Waals surface area (Å²) >= 11 is 0. The first-order valence-electron chi connectivity index (χ1n) is 7.44. The number of amides is 1. The number of hydrogen-bond donors (Lipinski definition) is 1. The van der Waals surface area contributed by atoms with E-state index in [-0.39, 0.29) is 11.8 Å². The van der Waals surface area contributed by atoms with E-state index in [0.717, 1.165) is 6.42 Å². The minimum atomic E-state index is 0.185. The van der Waals surface area contributed by atoms with Crippen LogP contribution in [0.25, 0.3) is 0 Å². The summed E-state index contributed by atoms with van der Waals surface area (Å²) in [5, 5.41) is 2.71. The molecule has 0 saturated heterocycles. The maximum absolute atomic E-state index is 11.3. The summed E-state index contributed by atoms with van der Waals surface area (Å²) < 4.78 is 0. The van der Waals surface area contributed by atoms with Crippen molar-refractivity contribution in [1.82, 2.24) is 5.32 Å². The van der Waals surface area contributed by atoms with Gasteiger partial charge in [-0.05, 0) is 6.42 Å². The SMILES string of the molecule is CCCCCCCCCCCC(C)C(=O)NC. The Morgan fingerprint density at radius 1 is 0.941 bits per heavy atom. The lowest BCUT2D eigenvalue weighted by Crippen LogP contribution is -2.25. The Morgan fingerprint density at radius 2 is 1.41 bits per heavy atom. The summed E-state index contributed by atoms with van der Waals surface area (Å²) in [5.74, 6) is 0.370. The molecular weight excluding hydrogens is 210 g/mol. The number of unbranched alkanes of at least 4 members (excludes halogenated alkanes) is 8. The molecule has 0 fully saturated rings. The quantitative estimate of drug-likeness (QED) is 0.537. The fraction of sp³-hybridized carbons (Fsp3) is 0.933. The lowest BCUT2D eigenvalue weighted by molar-refractivity contribution is -0.124. The topological polar surface area (TPSA) is 29.1 Å². The predicted octanol–water partition coefficient (Wildman–Crippen LogP) is 4.29. The van der Waals surface area contributed by atoms with Crippen molar-refractivity contribution in [3.8, 4) is 0 Å². The van der Waals surface area contributed by atoms with E-state index in [1.165, 1.54) is 57.8 Å². The highest BCUT2D eigenvalue weighted by Crippen LogP contribution is 2.13. The molecule has 0 aromatic carbocycles. The number of rotatable bonds is 11. The molecule has 0 aliphatic heterocycles. The fourth-order valence-corrected chi connectivity index (χ4v) is 2.14. The van der Waals surface area contributed by atoms with E-state index in [1.807, 2.05) is 6.92 Å². The molecule has 0 aromatic heterocycles. The monoisotopic (exact) mass is 241 g/mol. The van der Waals surface area contributed by atoms with Crippen LogP contribution in [-0.2, 0) is 4.79 Å². The highest BCUT2D eigenvalue weighted by Gasteiger charge is 2.09. The van der Waals surface area contributed by atoms with Crippen LogP contribution in [0, 0.1) is 5.92 Å². The fourth-order valence-electron chi connectivity index (χ4n) is 2.14. The summed E-state index contributed by atoms with van der Waals surface area (Å²) in [6, 6.07) is 0.